The zero-order valence-electron chi connectivity index (χ0n) is 22.9. The van der Waals surface area contributed by atoms with Crippen LogP contribution >= 0.6 is 11.6 Å². The number of hydrogen-bond acceptors (Lipinski definition) is 7. The molecule has 1 amide bonds. The van der Waals surface area contributed by atoms with E-state index in [9.17, 15) is 17.6 Å². The van der Waals surface area contributed by atoms with Gasteiger partial charge in [-0.2, -0.15) is 0 Å². The van der Waals surface area contributed by atoms with E-state index in [4.69, 9.17) is 22.3 Å². The van der Waals surface area contributed by atoms with Crippen molar-refractivity contribution in [1.29, 1.82) is 0 Å². The summed E-state index contributed by atoms with van der Waals surface area (Å²) in [5.74, 6) is -0.832. The minimum Gasteiger partial charge on any atom is -0.399 e. The number of para-hydroxylation sites is 1. The van der Waals surface area contributed by atoms with Crippen LogP contribution in [0, 0.1) is 5.82 Å². The lowest BCUT2D eigenvalue weighted by Crippen LogP contribution is -2.42. The first kappa shape index (κ1) is 28.6. The molecule has 5 aromatic rings. The number of anilines is 2. The van der Waals surface area contributed by atoms with E-state index in [1.807, 2.05) is 12.1 Å². The van der Waals surface area contributed by atoms with Crippen LogP contribution in [0.15, 0.2) is 90.1 Å². The number of nitrogens with one attached hydrogen (secondary N) is 2. The van der Waals surface area contributed by atoms with E-state index in [1.165, 1.54) is 28.5 Å². The third-order valence-electron chi connectivity index (χ3n) is 7.56. The van der Waals surface area contributed by atoms with Gasteiger partial charge in [-0.25, -0.2) is 26.7 Å². The molecule has 2 heterocycles. The summed E-state index contributed by atoms with van der Waals surface area (Å²) in [5, 5.41) is 7.21. The summed E-state index contributed by atoms with van der Waals surface area (Å²) in [4.78, 5) is 22.0. The zero-order chi connectivity index (χ0) is 30.1. The molecule has 43 heavy (non-hydrogen) atoms. The molecule has 220 valence electrons. The maximum atomic E-state index is 14.3. The normalized spacial score (nSPS) is 17.1. The Balaban J connectivity index is 1.25. The first-order valence-electron chi connectivity index (χ1n) is 13.8. The molecule has 3 aromatic carbocycles. The largest absolute Gasteiger partial charge is 0.399 e. The van der Waals surface area contributed by atoms with Gasteiger partial charge in [0.25, 0.3) is 15.9 Å². The van der Waals surface area contributed by atoms with E-state index in [-0.39, 0.29) is 33.3 Å². The highest BCUT2D eigenvalue weighted by Crippen LogP contribution is 2.36. The molecular formula is C31H28ClFN6O3S. The van der Waals surface area contributed by atoms with E-state index < -0.39 is 21.7 Å². The number of carbonyl (C=O) groups excluding carboxylic acids is 1. The number of carbonyl (C=O) groups is 1. The van der Waals surface area contributed by atoms with Crippen molar-refractivity contribution in [1.82, 2.24) is 19.3 Å². The standard InChI is InChI=1S/C31H28ClFN6O3S/c32-26-17-35-31(37-21-8-6-7-20(16-21)36-30(40)24-14-13-19(34)15-27(24)33)38-29(26)25-18-39(28-12-5-4-11-23(25)28)43(41,42)22-9-2-1-3-10-22/h1-5,9-15,17-18,20-21H,6-8,16,34H2,(H,36,40)(H,35,37,38)/t20-,21+/m0/s1. The number of nitrogens with two attached hydrogens (primary N) is 1. The van der Waals surface area contributed by atoms with Gasteiger partial charge in [-0.1, -0.05) is 48.0 Å². The van der Waals surface area contributed by atoms with Crippen LogP contribution in [-0.4, -0.2) is 40.3 Å². The van der Waals surface area contributed by atoms with Crippen LogP contribution < -0.4 is 16.4 Å². The SMILES string of the molecule is Nc1ccc(C(=O)N[C@H]2CCC[C@@H](Nc3ncc(Cl)c(-c4cn(S(=O)(=O)c5ccccc5)c5ccccc45)n3)C2)c(F)c1. The Hall–Kier alpha value is -4.48. The molecule has 0 aliphatic heterocycles. The topological polar surface area (TPSA) is 132 Å². The van der Waals surface area contributed by atoms with Gasteiger partial charge >= 0.3 is 0 Å². The molecule has 1 saturated carbocycles. The lowest BCUT2D eigenvalue weighted by atomic mass is 9.91. The highest BCUT2D eigenvalue weighted by Gasteiger charge is 2.27. The minimum absolute atomic E-state index is 0.0524. The molecule has 12 heteroatoms. The van der Waals surface area contributed by atoms with Gasteiger partial charge in [-0.3, -0.25) is 4.79 Å². The number of halogens is 2. The summed E-state index contributed by atoms with van der Waals surface area (Å²) >= 11 is 6.58. The molecule has 0 unspecified atom stereocenters. The summed E-state index contributed by atoms with van der Waals surface area (Å²) in [7, 11) is -3.89. The summed E-state index contributed by atoms with van der Waals surface area (Å²) in [6, 6.07) is 19.1. The van der Waals surface area contributed by atoms with Crippen LogP contribution in [-0.2, 0) is 10.0 Å². The first-order chi connectivity index (χ1) is 20.7. The van der Waals surface area contributed by atoms with Crippen molar-refractivity contribution in [2.45, 2.75) is 42.7 Å². The third kappa shape index (κ3) is 5.78. The molecule has 2 atom stereocenters. The average molecular weight is 619 g/mol. The maximum Gasteiger partial charge on any atom is 0.268 e. The molecule has 0 bridgehead atoms. The number of nitrogens with zero attached hydrogens (tertiary/aromatic N) is 3. The highest BCUT2D eigenvalue weighted by atomic mass is 35.5. The Morgan fingerprint density at radius 1 is 1.02 bits per heavy atom. The Morgan fingerprint density at radius 2 is 1.77 bits per heavy atom. The summed E-state index contributed by atoms with van der Waals surface area (Å²) in [5.41, 5.74) is 7.23. The van der Waals surface area contributed by atoms with Gasteiger partial charge in [-0.05, 0) is 62.1 Å². The van der Waals surface area contributed by atoms with Gasteiger partial charge in [0, 0.05) is 34.9 Å². The maximum absolute atomic E-state index is 14.3. The fourth-order valence-corrected chi connectivity index (χ4v) is 7.07. The number of nitrogen functional groups attached to an aromatic ring is 1. The molecule has 0 saturated heterocycles. The van der Waals surface area contributed by atoms with Crippen LogP contribution in [0.2, 0.25) is 5.02 Å². The van der Waals surface area contributed by atoms with Gasteiger partial charge in [0.2, 0.25) is 5.95 Å². The van der Waals surface area contributed by atoms with Crippen LogP contribution in [0.4, 0.5) is 16.0 Å². The van der Waals surface area contributed by atoms with E-state index >= 15 is 0 Å². The minimum atomic E-state index is -3.89. The predicted molar refractivity (Wildman–Crippen MR) is 165 cm³/mol. The van der Waals surface area contributed by atoms with Crippen molar-refractivity contribution < 1.29 is 17.6 Å². The number of rotatable bonds is 7. The van der Waals surface area contributed by atoms with E-state index in [1.54, 1.807) is 42.5 Å². The van der Waals surface area contributed by atoms with Crippen molar-refractivity contribution in [2.24, 2.45) is 0 Å². The average Bonchev–Trinajstić information content (AvgIpc) is 3.39. The fourth-order valence-electron chi connectivity index (χ4n) is 5.48. The number of hydrogen-bond donors (Lipinski definition) is 3. The zero-order valence-corrected chi connectivity index (χ0v) is 24.4. The van der Waals surface area contributed by atoms with Gasteiger partial charge in [0.1, 0.15) is 5.82 Å². The molecule has 1 fully saturated rings. The smallest absolute Gasteiger partial charge is 0.268 e. The molecule has 2 aromatic heterocycles. The van der Waals surface area contributed by atoms with Crippen LogP contribution in [0.5, 0.6) is 0 Å². The third-order valence-corrected chi connectivity index (χ3v) is 9.52. The predicted octanol–water partition coefficient (Wildman–Crippen LogP) is 5.86. The van der Waals surface area contributed by atoms with Crippen molar-refractivity contribution in [2.75, 3.05) is 11.1 Å². The van der Waals surface area contributed by atoms with Crippen LogP contribution in [0.25, 0.3) is 22.2 Å². The number of amides is 1. The Morgan fingerprint density at radius 3 is 2.56 bits per heavy atom. The lowest BCUT2D eigenvalue weighted by molar-refractivity contribution is 0.0922. The van der Waals surface area contributed by atoms with Crippen LogP contribution in [0.1, 0.15) is 36.0 Å². The van der Waals surface area contributed by atoms with Gasteiger partial charge < -0.3 is 16.4 Å². The lowest BCUT2D eigenvalue weighted by Gasteiger charge is -2.30. The molecule has 9 nitrogen and oxygen atoms in total. The highest BCUT2D eigenvalue weighted by molar-refractivity contribution is 7.90. The second-order valence-electron chi connectivity index (χ2n) is 10.5. The van der Waals surface area contributed by atoms with Crippen molar-refractivity contribution in [3.63, 3.8) is 0 Å². The first-order valence-corrected chi connectivity index (χ1v) is 15.6. The number of benzene rings is 3. The van der Waals surface area contributed by atoms with E-state index in [2.05, 4.69) is 15.6 Å². The van der Waals surface area contributed by atoms with Crippen molar-refractivity contribution in [3.8, 4) is 11.3 Å². The fraction of sp³-hybridized carbons (Fsp3) is 0.194. The van der Waals surface area contributed by atoms with Gasteiger partial charge in [-0.15, -0.1) is 0 Å². The second kappa shape index (κ2) is 11.7. The molecule has 0 radical (unpaired) electrons. The second-order valence-corrected chi connectivity index (χ2v) is 12.7. The molecular weight excluding hydrogens is 591 g/mol. The molecule has 0 spiro atoms. The van der Waals surface area contributed by atoms with Crippen LogP contribution in [0.3, 0.4) is 0 Å². The molecule has 4 N–H and O–H groups in total. The van der Waals surface area contributed by atoms with Gasteiger partial charge in [0.15, 0.2) is 0 Å². The molecule has 1 aliphatic rings. The summed E-state index contributed by atoms with van der Waals surface area (Å²) in [6.07, 6.45) is 6.00. The van der Waals surface area contributed by atoms with E-state index in [0.29, 0.717) is 34.5 Å². The Kier molecular flexibility index (Phi) is 7.76. The Bertz CT molecular complexity index is 1930. The molecule has 1 aliphatic carbocycles. The quantitative estimate of drug-likeness (QED) is 0.195. The van der Waals surface area contributed by atoms with Gasteiger partial charge in [0.05, 0.1) is 32.9 Å². The molecule has 6 rings (SSSR count). The van der Waals surface area contributed by atoms with E-state index in [0.717, 1.165) is 25.3 Å². The number of aromatic nitrogens is 3. The van der Waals surface area contributed by atoms with Crippen molar-refractivity contribution >= 4 is 50.1 Å². The van der Waals surface area contributed by atoms with Crippen molar-refractivity contribution in [3.05, 3.63) is 102 Å². The summed E-state index contributed by atoms with van der Waals surface area (Å²) < 4.78 is 42.6. The number of fused-ring (bicyclic) bond motifs is 1. The monoisotopic (exact) mass is 618 g/mol. The Labute approximate surface area is 253 Å². The summed E-state index contributed by atoms with van der Waals surface area (Å²) in [6.45, 7) is 0.